The molecule has 2 fully saturated rings. The van der Waals surface area contributed by atoms with E-state index < -0.39 is 15.4 Å². The predicted molar refractivity (Wildman–Crippen MR) is 116 cm³/mol. The number of hydrogen-bond donors (Lipinski definition) is 2. The van der Waals surface area contributed by atoms with E-state index in [9.17, 15) is 13.2 Å². The molecule has 4 rings (SSSR count). The van der Waals surface area contributed by atoms with Gasteiger partial charge in [-0.25, -0.2) is 8.42 Å². The standard InChI is InChI=1S/C23H28N2O4S/c1-16-5-6-17(2)21(14-16)30(27,28)25-19-9-7-18(8-10-19)23(11-12-23)22(26)24-15-20-4-3-13-29-20/h5-10,14,20,25H,3-4,11-13,15H2,1-2H3,(H,24,26)/t20-/m0/s1. The Morgan fingerprint density at radius 3 is 2.50 bits per heavy atom. The summed E-state index contributed by atoms with van der Waals surface area (Å²) in [6.45, 7) is 4.97. The van der Waals surface area contributed by atoms with Gasteiger partial charge in [0, 0.05) is 18.8 Å². The van der Waals surface area contributed by atoms with Crippen molar-refractivity contribution in [2.75, 3.05) is 17.9 Å². The Labute approximate surface area is 178 Å². The normalized spacial score (nSPS) is 20.0. The molecule has 1 saturated carbocycles. The van der Waals surface area contributed by atoms with Gasteiger partial charge in [0.2, 0.25) is 5.91 Å². The van der Waals surface area contributed by atoms with E-state index in [1.807, 2.05) is 25.1 Å². The van der Waals surface area contributed by atoms with Crippen molar-refractivity contribution in [3.8, 4) is 0 Å². The molecule has 1 aliphatic carbocycles. The van der Waals surface area contributed by atoms with Gasteiger partial charge in [-0.15, -0.1) is 0 Å². The molecule has 0 aromatic heterocycles. The molecule has 0 radical (unpaired) electrons. The summed E-state index contributed by atoms with van der Waals surface area (Å²) in [6, 6.07) is 12.5. The van der Waals surface area contributed by atoms with E-state index in [2.05, 4.69) is 10.0 Å². The summed E-state index contributed by atoms with van der Waals surface area (Å²) in [7, 11) is -3.68. The van der Waals surface area contributed by atoms with E-state index in [0.29, 0.717) is 17.8 Å². The molecule has 0 unspecified atom stereocenters. The zero-order valence-electron chi connectivity index (χ0n) is 17.4. The van der Waals surface area contributed by atoms with Gasteiger partial charge in [-0.1, -0.05) is 24.3 Å². The third-order valence-electron chi connectivity index (χ3n) is 6.02. The minimum Gasteiger partial charge on any atom is -0.376 e. The monoisotopic (exact) mass is 428 g/mol. The summed E-state index contributed by atoms with van der Waals surface area (Å²) < 4.78 is 33.8. The summed E-state index contributed by atoms with van der Waals surface area (Å²) in [6.07, 6.45) is 3.76. The average Bonchev–Trinajstić information content (AvgIpc) is 3.36. The predicted octanol–water partition coefficient (Wildman–Crippen LogP) is 3.43. The van der Waals surface area contributed by atoms with E-state index in [1.165, 1.54) is 0 Å². The van der Waals surface area contributed by atoms with Crippen molar-refractivity contribution in [3.63, 3.8) is 0 Å². The molecule has 2 aliphatic rings. The smallest absolute Gasteiger partial charge is 0.262 e. The van der Waals surface area contributed by atoms with E-state index in [1.54, 1.807) is 31.2 Å². The Balaban J connectivity index is 1.45. The average molecular weight is 429 g/mol. The van der Waals surface area contributed by atoms with Gasteiger partial charge in [0.15, 0.2) is 0 Å². The van der Waals surface area contributed by atoms with Crippen molar-refractivity contribution in [1.29, 1.82) is 0 Å². The summed E-state index contributed by atoms with van der Waals surface area (Å²) in [5, 5.41) is 3.04. The first-order valence-corrected chi connectivity index (χ1v) is 11.9. The highest BCUT2D eigenvalue weighted by atomic mass is 32.2. The highest BCUT2D eigenvalue weighted by molar-refractivity contribution is 7.92. The SMILES string of the molecule is Cc1ccc(C)c(S(=O)(=O)Nc2ccc(C3(C(=O)NC[C@@H]4CCCO4)CC3)cc2)c1. The van der Waals surface area contributed by atoms with Crippen LogP contribution in [0.4, 0.5) is 5.69 Å². The lowest BCUT2D eigenvalue weighted by molar-refractivity contribution is -0.124. The molecule has 2 aromatic carbocycles. The minimum atomic E-state index is -3.68. The molecule has 6 nitrogen and oxygen atoms in total. The highest BCUT2D eigenvalue weighted by Crippen LogP contribution is 2.48. The molecule has 160 valence electrons. The quantitative estimate of drug-likeness (QED) is 0.708. The minimum absolute atomic E-state index is 0.0294. The highest BCUT2D eigenvalue weighted by Gasteiger charge is 2.51. The fraction of sp³-hybridized carbons (Fsp3) is 0.435. The number of carbonyl (C=O) groups is 1. The number of aryl methyl sites for hydroxylation is 2. The van der Waals surface area contributed by atoms with E-state index in [0.717, 1.165) is 43.4 Å². The molecule has 30 heavy (non-hydrogen) atoms. The van der Waals surface area contributed by atoms with Crippen LogP contribution in [0.2, 0.25) is 0 Å². The van der Waals surface area contributed by atoms with Crippen molar-refractivity contribution < 1.29 is 17.9 Å². The topological polar surface area (TPSA) is 84.5 Å². The van der Waals surface area contributed by atoms with E-state index in [-0.39, 0.29) is 16.9 Å². The second-order valence-electron chi connectivity index (χ2n) is 8.38. The van der Waals surface area contributed by atoms with Crippen LogP contribution in [0.1, 0.15) is 42.4 Å². The van der Waals surface area contributed by atoms with Crippen LogP contribution in [0, 0.1) is 13.8 Å². The molecular weight excluding hydrogens is 400 g/mol. The fourth-order valence-corrected chi connectivity index (χ4v) is 5.41. The summed E-state index contributed by atoms with van der Waals surface area (Å²) >= 11 is 0. The molecule has 2 aromatic rings. The number of amides is 1. The molecule has 7 heteroatoms. The largest absolute Gasteiger partial charge is 0.376 e. The van der Waals surface area contributed by atoms with Crippen LogP contribution in [0.25, 0.3) is 0 Å². The first-order chi connectivity index (χ1) is 14.3. The molecule has 0 bridgehead atoms. The summed E-state index contributed by atoms with van der Waals surface area (Å²) in [5.41, 5.74) is 2.49. The number of nitrogens with one attached hydrogen (secondary N) is 2. The van der Waals surface area contributed by atoms with Gasteiger partial charge >= 0.3 is 0 Å². The number of anilines is 1. The molecule has 1 heterocycles. The van der Waals surface area contributed by atoms with Gasteiger partial charge in [-0.2, -0.15) is 0 Å². The zero-order chi connectivity index (χ0) is 21.4. The molecule has 2 N–H and O–H groups in total. The second kappa shape index (κ2) is 8.04. The molecule has 1 aliphatic heterocycles. The maximum atomic E-state index is 12.8. The first-order valence-electron chi connectivity index (χ1n) is 10.4. The summed E-state index contributed by atoms with van der Waals surface area (Å²) in [5.74, 6) is 0.0294. The van der Waals surface area contributed by atoms with Crippen LogP contribution in [0.5, 0.6) is 0 Å². The van der Waals surface area contributed by atoms with Crippen LogP contribution in [0.3, 0.4) is 0 Å². The second-order valence-corrected chi connectivity index (χ2v) is 10.0. The van der Waals surface area contributed by atoms with E-state index in [4.69, 9.17) is 4.74 Å². The Morgan fingerprint density at radius 1 is 1.13 bits per heavy atom. The Bertz CT molecular complexity index is 1040. The number of hydrogen-bond acceptors (Lipinski definition) is 4. The number of rotatable bonds is 7. The van der Waals surface area contributed by atoms with Gasteiger partial charge in [-0.3, -0.25) is 9.52 Å². The molecule has 0 spiro atoms. The third-order valence-corrected chi connectivity index (χ3v) is 7.55. The van der Waals surface area contributed by atoms with Crippen molar-refractivity contribution in [2.45, 2.75) is 55.9 Å². The first kappa shape index (κ1) is 20.9. The number of carbonyl (C=O) groups excluding carboxylic acids is 1. The number of ether oxygens (including phenoxy) is 1. The molecule has 1 atom stereocenters. The van der Waals surface area contributed by atoms with Gasteiger partial charge in [0.25, 0.3) is 10.0 Å². The fourth-order valence-electron chi connectivity index (χ4n) is 4.02. The Kier molecular flexibility index (Phi) is 5.59. The van der Waals surface area contributed by atoms with Crippen LogP contribution in [-0.4, -0.2) is 33.6 Å². The number of benzene rings is 2. The van der Waals surface area contributed by atoms with Crippen LogP contribution < -0.4 is 10.0 Å². The van der Waals surface area contributed by atoms with Gasteiger partial charge in [0.05, 0.1) is 16.4 Å². The van der Waals surface area contributed by atoms with Crippen molar-refractivity contribution in [1.82, 2.24) is 5.32 Å². The Hall–Kier alpha value is -2.38. The van der Waals surface area contributed by atoms with Crippen LogP contribution in [0.15, 0.2) is 47.4 Å². The van der Waals surface area contributed by atoms with Crippen molar-refractivity contribution in [2.24, 2.45) is 0 Å². The van der Waals surface area contributed by atoms with Gasteiger partial charge in [0.1, 0.15) is 0 Å². The molecule has 1 saturated heterocycles. The van der Waals surface area contributed by atoms with E-state index >= 15 is 0 Å². The van der Waals surface area contributed by atoms with Crippen molar-refractivity contribution >= 4 is 21.6 Å². The lowest BCUT2D eigenvalue weighted by Crippen LogP contribution is -2.39. The maximum Gasteiger partial charge on any atom is 0.262 e. The van der Waals surface area contributed by atoms with Gasteiger partial charge in [-0.05, 0) is 74.4 Å². The van der Waals surface area contributed by atoms with Crippen LogP contribution >= 0.6 is 0 Å². The third kappa shape index (κ3) is 4.23. The lowest BCUT2D eigenvalue weighted by atomic mass is 9.94. The lowest BCUT2D eigenvalue weighted by Gasteiger charge is -2.18. The maximum absolute atomic E-state index is 12.8. The van der Waals surface area contributed by atoms with Crippen molar-refractivity contribution in [3.05, 3.63) is 59.2 Å². The van der Waals surface area contributed by atoms with Gasteiger partial charge < -0.3 is 10.1 Å². The molecular formula is C23H28N2O4S. The zero-order valence-corrected chi connectivity index (χ0v) is 18.2. The summed E-state index contributed by atoms with van der Waals surface area (Å²) in [4.78, 5) is 13.1. The molecule has 1 amide bonds. The Morgan fingerprint density at radius 2 is 1.87 bits per heavy atom. The number of sulfonamides is 1. The van der Waals surface area contributed by atoms with Crippen LogP contribution in [-0.2, 0) is 25.0 Å².